The number of ether oxygens (including phenoxy) is 1. The van der Waals surface area contributed by atoms with Gasteiger partial charge in [0.15, 0.2) is 5.37 Å². The molecule has 0 aromatic heterocycles. The number of sulfonamides is 1. The molecule has 8 nitrogen and oxygen atoms in total. The molecule has 1 heterocycles. The number of methoxy groups -OCH3 is 1. The van der Waals surface area contributed by atoms with Gasteiger partial charge in [-0.15, -0.1) is 0 Å². The van der Waals surface area contributed by atoms with E-state index in [1.54, 1.807) is 31.2 Å². The van der Waals surface area contributed by atoms with E-state index in [2.05, 4.69) is 10.6 Å². The summed E-state index contributed by atoms with van der Waals surface area (Å²) in [4.78, 5) is 18.6. The molecule has 1 unspecified atom stereocenters. The third-order valence-corrected chi connectivity index (χ3v) is 8.40. The summed E-state index contributed by atoms with van der Waals surface area (Å²) < 4.78 is 34.0. The summed E-state index contributed by atoms with van der Waals surface area (Å²) in [5.41, 5.74) is 0.575. The maximum absolute atomic E-state index is 13.8. The normalized spacial score (nSPS) is 16.8. The number of hydroxylamine groups is 1. The Kier molecular flexibility index (Phi) is 8.47. The first-order chi connectivity index (χ1) is 15.9. The number of para-hydroxylation sites is 1. The van der Waals surface area contributed by atoms with Gasteiger partial charge in [-0.1, -0.05) is 46.9 Å². The summed E-state index contributed by atoms with van der Waals surface area (Å²) in [5.74, 6) is -0.119. The highest BCUT2D eigenvalue weighted by Gasteiger charge is 2.50. The molecule has 0 radical (unpaired) electrons. The van der Waals surface area contributed by atoms with Crippen molar-refractivity contribution in [3.05, 3.63) is 65.7 Å². The molecule has 0 spiro atoms. The van der Waals surface area contributed by atoms with E-state index in [9.17, 15) is 13.2 Å². The van der Waals surface area contributed by atoms with Gasteiger partial charge in [0.2, 0.25) is 0 Å². The van der Waals surface area contributed by atoms with E-state index < -0.39 is 26.7 Å². The summed E-state index contributed by atoms with van der Waals surface area (Å²) in [6, 6.07) is 16.6. The van der Waals surface area contributed by atoms with Crippen LogP contribution in [0, 0.1) is 5.41 Å². The van der Waals surface area contributed by atoms with Crippen molar-refractivity contribution in [3.63, 3.8) is 0 Å². The first kappa shape index (κ1) is 25.2. The summed E-state index contributed by atoms with van der Waals surface area (Å²) in [5, 5.41) is 5.00. The van der Waals surface area contributed by atoms with Crippen LogP contribution in [-0.4, -0.2) is 58.0 Å². The number of carbonyl (C=O) groups excluding carboxylic acids is 1. The molecule has 0 aliphatic carbocycles. The van der Waals surface area contributed by atoms with Gasteiger partial charge >= 0.3 is 0 Å². The first-order valence-electron chi connectivity index (χ1n) is 11.1. The Balaban J connectivity index is 2.08. The Morgan fingerprint density at radius 2 is 1.73 bits per heavy atom. The molecule has 1 aliphatic rings. The van der Waals surface area contributed by atoms with Crippen LogP contribution in [0.15, 0.2) is 54.6 Å². The monoisotopic (exact) mass is 475 g/mol. The summed E-state index contributed by atoms with van der Waals surface area (Å²) in [7, 11) is -1.25. The van der Waals surface area contributed by atoms with Crippen LogP contribution in [0.4, 0.5) is 0 Å². The highest BCUT2D eigenvalue weighted by molar-refractivity contribution is 7.89. The zero-order valence-electron chi connectivity index (χ0n) is 19.4. The fourth-order valence-electron chi connectivity index (χ4n) is 4.56. The molecule has 180 valence electrons. The molecule has 1 fully saturated rings. The van der Waals surface area contributed by atoms with E-state index in [1.807, 2.05) is 30.3 Å². The second-order valence-electron chi connectivity index (χ2n) is 8.18. The van der Waals surface area contributed by atoms with Crippen LogP contribution in [0.25, 0.3) is 0 Å². The molecule has 1 amide bonds. The van der Waals surface area contributed by atoms with Gasteiger partial charge in [0.05, 0.1) is 19.8 Å². The zero-order valence-corrected chi connectivity index (χ0v) is 20.2. The third-order valence-electron chi connectivity index (χ3n) is 6.21. The standard InChI is InChI=1S/C24H33N3O5S/c1-4-27(32-3)33(29,30)23(26-22(28)20-12-8-9-13-21(20)31-2)24(14-16-25-17-15-24)18-19-10-6-5-7-11-19/h5-13,23,25H,4,14-18H2,1-3H3,(H,26,28). The van der Waals surface area contributed by atoms with E-state index in [0.717, 1.165) is 10.0 Å². The Labute approximate surface area is 196 Å². The summed E-state index contributed by atoms with van der Waals surface area (Å²) >= 11 is 0. The highest BCUT2D eigenvalue weighted by atomic mass is 32.2. The van der Waals surface area contributed by atoms with Crippen molar-refractivity contribution in [3.8, 4) is 5.75 Å². The Hall–Kier alpha value is -2.46. The van der Waals surface area contributed by atoms with Crippen LogP contribution < -0.4 is 15.4 Å². The van der Waals surface area contributed by atoms with Crippen LogP contribution in [0.5, 0.6) is 5.75 Å². The number of nitrogens with zero attached hydrogens (tertiary/aromatic N) is 1. The van der Waals surface area contributed by atoms with Crippen molar-refractivity contribution < 1.29 is 22.8 Å². The minimum atomic E-state index is -4.05. The molecule has 0 saturated carbocycles. The van der Waals surface area contributed by atoms with E-state index >= 15 is 0 Å². The topological polar surface area (TPSA) is 97.0 Å². The van der Waals surface area contributed by atoms with Crippen LogP contribution in [-0.2, 0) is 21.3 Å². The van der Waals surface area contributed by atoms with Crippen LogP contribution in [0.2, 0.25) is 0 Å². The van der Waals surface area contributed by atoms with Crippen LogP contribution >= 0.6 is 0 Å². The number of piperidine rings is 1. The lowest BCUT2D eigenvalue weighted by atomic mass is 9.73. The molecule has 0 bridgehead atoms. The van der Waals surface area contributed by atoms with Crippen LogP contribution in [0.1, 0.15) is 35.7 Å². The minimum Gasteiger partial charge on any atom is -0.496 e. The van der Waals surface area contributed by atoms with E-state index in [0.29, 0.717) is 38.1 Å². The van der Waals surface area contributed by atoms with Crippen molar-refractivity contribution in [2.75, 3.05) is 33.9 Å². The van der Waals surface area contributed by atoms with Crippen molar-refractivity contribution >= 4 is 15.9 Å². The van der Waals surface area contributed by atoms with Gasteiger partial charge in [-0.25, -0.2) is 8.42 Å². The zero-order chi connectivity index (χ0) is 23.9. The maximum atomic E-state index is 13.8. The molecule has 1 atom stereocenters. The number of hydrogen-bond acceptors (Lipinski definition) is 6. The number of benzene rings is 2. The highest BCUT2D eigenvalue weighted by Crippen LogP contribution is 2.40. The van der Waals surface area contributed by atoms with Gasteiger partial charge in [0.1, 0.15) is 5.75 Å². The van der Waals surface area contributed by atoms with Crippen LogP contribution in [0.3, 0.4) is 0 Å². The lowest BCUT2D eigenvalue weighted by Gasteiger charge is -2.44. The molecule has 3 rings (SSSR count). The molecule has 1 aliphatic heterocycles. The average Bonchev–Trinajstić information content (AvgIpc) is 2.84. The first-order valence-corrected chi connectivity index (χ1v) is 12.6. The summed E-state index contributed by atoms with van der Waals surface area (Å²) in [6.45, 7) is 3.14. The lowest BCUT2D eigenvalue weighted by molar-refractivity contribution is -0.0477. The maximum Gasteiger partial charge on any atom is 0.257 e. The summed E-state index contributed by atoms with van der Waals surface area (Å²) in [6.07, 6.45) is 1.67. The predicted octanol–water partition coefficient (Wildman–Crippen LogP) is 2.58. The van der Waals surface area contributed by atoms with E-state index in [1.165, 1.54) is 14.2 Å². The van der Waals surface area contributed by atoms with Gasteiger partial charge in [-0.3, -0.25) is 9.63 Å². The number of hydrogen-bond donors (Lipinski definition) is 2. The molecule has 2 aromatic carbocycles. The fourth-order valence-corrected chi connectivity index (χ4v) is 6.57. The number of nitrogens with one attached hydrogen (secondary N) is 2. The largest absolute Gasteiger partial charge is 0.496 e. The Bertz CT molecular complexity index is 1020. The third kappa shape index (κ3) is 5.55. The Morgan fingerprint density at radius 1 is 1.09 bits per heavy atom. The second kappa shape index (κ2) is 11.1. The molecule has 9 heteroatoms. The predicted molar refractivity (Wildman–Crippen MR) is 127 cm³/mol. The number of rotatable bonds is 10. The molecule has 1 saturated heterocycles. The van der Waals surface area contributed by atoms with Crippen molar-refractivity contribution in [1.82, 2.24) is 15.1 Å². The van der Waals surface area contributed by atoms with Gasteiger partial charge in [0.25, 0.3) is 15.9 Å². The fraction of sp³-hybridized carbons (Fsp3) is 0.458. The molecule has 33 heavy (non-hydrogen) atoms. The lowest BCUT2D eigenvalue weighted by Crippen LogP contribution is -2.60. The van der Waals surface area contributed by atoms with Crippen molar-refractivity contribution in [2.24, 2.45) is 5.41 Å². The number of amides is 1. The molecular formula is C24H33N3O5S. The quantitative estimate of drug-likeness (QED) is 0.513. The van der Waals surface area contributed by atoms with E-state index in [4.69, 9.17) is 9.57 Å². The van der Waals surface area contributed by atoms with E-state index in [-0.39, 0.29) is 12.1 Å². The second-order valence-corrected chi connectivity index (χ2v) is 10.1. The molecular weight excluding hydrogens is 442 g/mol. The number of carbonyl (C=O) groups is 1. The molecule has 2 aromatic rings. The van der Waals surface area contributed by atoms with Gasteiger partial charge in [0, 0.05) is 12.0 Å². The van der Waals surface area contributed by atoms with Gasteiger partial charge in [-0.2, -0.15) is 0 Å². The van der Waals surface area contributed by atoms with Gasteiger partial charge in [-0.05, 0) is 57.0 Å². The smallest absolute Gasteiger partial charge is 0.257 e. The minimum absolute atomic E-state index is 0.125. The SMILES string of the molecule is CCN(OC)S(=O)(=O)C(NC(=O)c1ccccc1OC)C1(Cc2ccccc2)CCNCC1. The average molecular weight is 476 g/mol. The van der Waals surface area contributed by atoms with Crippen molar-refractivity contribution in [1.29, 1.82) is 0 Å². The van der Waals surface area contributed by atoms with Crippen molar-refractivity contribution in [2.45, 2.75) is 31.6 Å². The molecule has 2 N–H and O–H groups in total. The Morgan fingerprint density at radius 3 is 2.33 bits per heavy atom. The van der Waals surface area contributed by atoms with Gasteiger partial charge < -0.3 is 15.4 Å².